The summed E-state index contributed by atoms with van der Waals surface area (Å²) in [6.45, 7) is 15.3. The molecule has 0 aromatic heterocycles. The lowest BCUT2D eigenvalue weighted by atomic mass is 10.1. The van der Waals surface area contributed by atoms with E-state index < -0.39 is 26.4 Å². The molecule has 0 fully saturated rings. The minimum absolute atomic E-state index is 0.451. The third kappa shape index (κ3) is 4.81. The van der Waals surface area contributed by atoms with Crippen LogP contribution in [-0.4, -0.2) is 33.0 Å². The van der Waals surface area contributed by atoms with Crippen molar-refractivity contribution >= 4 is 47.5 Å². The second kappa shape index (κ2) is 8.31. The summed E-state index contributed by atoms with van der Waals surface area (Å²) in [6, 6.07) is 13.0. The summed E-state index contributed by atoms with van der Waals surface area (Å²) in [5.41, 5.74) is 0. The van der Waals surface area contributed by atoms with Crippen molar-refractivity contribution in [3.8, 4) is 5.75 Å². The van der Waals surface area contributed by atoms with Gasteiger partial charge in [-0.3, -0.25) is 0 Å². The number of fused-ring (bicyclic) bond motifs is 1. The molecule has 0 radical (unpaired) electrons. The van der Waals surface area contributed by atoms with Crippen LogP contribution in [0.1, 0.15) is 6.42 Å². The van der Waals surface area contributed by atoms with Crippen molar-refractivity contribution in [2.45, 2.75) is 51.7 Å². The molecule has 0 aliphatic heterocycles. The predicted octanol–water partition coefficient (Wildman–Crippen LogP) is 3.48. The van der Waals surface area contributed by atoms with E-state index in [4.69, 9.17) is 4.74 Å². The van der Waals surface area contributed by atoms with E-state index in [1.807, 2.05) is 0 Å². The molecule has 0 spiro atoms. The quantitative estimate of drug-likeness (QED) is 0.542. The van der Waals surface area contributed by atoms with Crippen molar-refractivity contribution in [2.75, 3.05) is 6.61 Å². The zero-order valence-electron chi connectivity index (χ0n) is 15.6. The van der Waals surface area contributed by atoms with Gasteiger partial charge in [0.25, 0.3) is 0 Å². The van der Waals surface area contributed by atoms with Crippen LogP contribution in [0.25, 0.3) is 10.8 Å². The van der Waals surface area contributed by atoms with Crippen LogP contribution in [0, 0.1) is 0 Å². The molecule has 2 aromatic rings. The zero-order valence-corrected chi connectivity index (χ0v) is 19.1. The van der Waals surface area contributed by atoms with Gasteiger partial charge in [-0.2, -0.15) is 0 Å². The average molecular weight is 361 g/mol. The minimum atomic E-state index is -0.935. The van der Waals surface area contributed by atoms with E-state index in [1.165, 1.54) is 28.4 Å². The Hall–Kier alpha value is -0.849. The molecule has 0 saturated heterocycles. The van der Waals surface area contributed by atoms with Crippen molar-refractivity contribution in [2.24, 2.45) is 0 Å². The molecule has 2 rings (SSSR count). The van der Waals surface area contributed by atoms with Crippen molar-refractivity contribution in [1.82, 2.24) is 0 Å². The van der Waals surface area contributed by atoms with Crippen molar-refractivity contribution in [3.63, 3.8) is 0 Å². The number of benzene rings is 2. The zero-order chi connectivity index (χ0) is 17.0. The van der Waals surface area contributed by atoms with Crippen LogP contribution < -0.4 is 15.1 Å². The fourth-order valence-corrected chi connectivity index (χ4v) is 6.72. The molecule has 23 heavy (non-hydrogen) atoms. The number of hydrogen-bond acceptors (Lipinski definition) is 1. The van der Waals surface area contributed by atoms with Crippen molar-refractivity contribution < 1.29 is 4.74 Å². The molecule has 1 nitrogen and oxygen atoms in total. The third-order valence-corrected chi connectivity index (χ3v) is 9.48. The second-order valence-electron chi connectivity index (χ2n) is 7.65. The molecule has 0 bridgehead atoms. The van der Waals surface area contributed by atoms with Crippen LogP contribution in [0.5, 0.6) is 5.75 Å². The fourth-order valence-electron chi connectivity index (χ4n) is 3.11. The smallest absolute Gasteiger partial charge is 0.118 e. The Morgan fingerprint density at radius 2 is 1.61 bits per heavy atom. The molecule has 2 aromatic carbocycles. The van der Waals surface area contributed by atoms with Crippen molar-refractivity contribution in [1.29, 1.82) is 0 Å². The van der Waals surface area contributed by atoms with Crippen LogP contribution in [0.4, 0.5) is 0 Å². The molecule has 0 amide bonds. The standard InChI is InChI=1S/C19H32OSi3/c1-21(2)13-7-12-20-18-11-8-15-14-16(22(3)4)9-10-17(15)19(18)23(5)6/h8-11,14,21-23H,7,12-13H2,1-6H3. The molecule has 4 heteroatoms. The number of hydrogen-bond donors (Lipinski definition) is 0. The Balaban J connectivity index is 2.30. The van der Waals surface area contributed by atoms with E-state index in [-0.39, 0.29) is 0 Å². The molecule has 0 N–H and O–H groups in total. The average Bonchev–Trinajstić information content (AvgIpc) is 2.49. The Morgan fingerprint density at radius 3 is 2.22 bits per heavy atom. The van der Waals surface area contributed by atoms with Gasteiger partial charge in [-0.05, 0) is 28.4 Å². The Labute approximate surface area is 146 Å². The molecule has 0 saturated carbocycles. The Morgan fingerprint density at radius 1 is 0.870 bits per heavy atom. The summed E-state index contributed by atoms with van der Waals surface area (Å²) in [5.74, 6) is 1.15. The molecule has 0 aliphatic rings. The lowest BCUT2D eigenvalue weighted by Crippen LogP contribution is -2.28. The van der Waals surface area contributed by atoms with Gasteiger partial charge in [0, 0.05) is 8.80 Å². The fraction of sp³-hybridized carbons (Fsp3) is 0.474. The second-order valence-corrected chi connectivity index (χ2v) is 16.9. The van der Waals surface area contributed by atoms with Gasteiger partial charge in [0.2, 0.25) is 0 Å². The maximum atomic E-state index is 6.20. The summed E-state index contributed by atoms with van der Waals surface area (Å²) in [4.78, 5) is 0. The van der Waals surface area contributed by atoms with Gasteiger partial charge in [-0.1, -0.05) is 74.8 Å². The Bertz CT molecular complexity index is 650. The van der Waals surface area contributed by atoms with E-state index in [0.29, 0.717) is 0 Å². The van der Waals surface area contributed by atoms with E-state index in [2.05, 4.69) is 69.6 Å². The maximum absolute atomic E-state index is 6.20. The van der Waals surface area contributed by atoms with Gasteiger partial charge in [0.05, 0.1) is 24.2 Å². The monoisotopic (exact) mass is 360 g/mol. The summed E-state index contributed by atoms with van der Waals surface area (Å²) in [7, 11) is -2.12. The van der Waals surface area contributed by atoms with Crippen LogP contribution in [0.2, 0.25) is 45.3 Å². The van der Waals surface area contributed by atoms with E-state index in [0.717, 1.165) is 12.4 Å². The lowest BCUT2D eigenvalue weighted by molar-refractivity contribution is 0.320. The molecule has 0 heterocycles. The first-order chi connectivity index (χ1) is 10.9. The van der Waals surface area contributed by atoms with Crippen molar-refractivity contribution in [3.05, 3.63) is 30.3 Å². The molecule has 0 atom stereocenters. The first-order valence-electron chi connectivity index (χ1n) is 9.09. The molecular formula is C19H32OSi3. The van der Waals surface area contributed by atoms with Crippen LogP contribution in [0.15, 0.2) is 30.3 Å². The molecule has 126 valence electrons. The highest BCUT2D eigenvalue weighted by molar-refractivity contribution is 6.74. The van der Waals surface area contributed by atoms with Crippen LogP contribution in [0.3, 0.4) is 0 Å². The third-order valence-electron chi connectivity index (χ3n) is 4.47. The topological polar surface area (TPSA) is 9.23 Å². The van der Waals surface area contributed by atoms with Gasteiger partial charge in [0.1, 0.15) is 5.75 Å². The normalized spacial score (nSPS) is 11.9. The van der Waals surface area contributed by atoms with Gasteiger partial charge in [0.15, 0.2) is 0 Å². The van der Waals surface area contributed by atoms with Crippen LogP contribution >= 0.6 is 0 Å². The van der Waals surface area contributed by atoms with E-state index >= 15 is 0 Å². The highest BCUT2D eigenvalue weighted by Crippen LogP contribution is 2.20. The predicted molar refractivity (Wildman–Crippen MR) is 115 cm³/mol. The Kier molecular flexibility index (Phi) is 6.68. The lowest BCUT2D eigenvalue weighted by Gasteiger charge is -2.17. The molecule has 0 unspecified atom stereocenters. The summed E-state index contributed by atoms with van der Waals surface area (Å²) in [6.07, 6.45) is 1.21. The highest BCUT2D eigenvalue weighted by atomic mass is 28.3. The number of ether oxygens (including phenoxy) is 1. The maximum Gasteiger partial charge on any atom is 0.118 e. The summed E-state index contributed by atoms with van der Waals surface area (Å²) in [5, 5.41) is 5.91. The van der Waals surface area contributed by atoms with Crippen LogP contribution in [-0.2, 0) is 0 Å². The largest absolute Gasteiger partial charge is 0.494 e. The van der Waals surface area contributed by atoms with E-state index in [9.17, 15) is 0 Å². The highest BCUT2D eigenvalue weighted by Gasteiger charge is 2.14. The van der Waals surface area contributed by atoms with Gasteiger partial charge < -0.3 is 4.74 Å². The van der Waals surface area contributed by atoms with Gasteiger partial charge in [-0.25, -0.2) is 0 Å². The first kappa shape index (κ1) is 18.5. The SMILES string of the molecule is C[SiH](C)CCCOc1ccc2cc([SiH](C)C)ccc2c1[SiH](C)C. The minimum Gasteiger partial charge on any atom is -0.494 e. The van der Waals surface area contributed by atoms with Gasteiger partial charge in [-0.15, -0.1) is 0 Å². The summed E-state index contributed by atoms with van der Waals surface area (Å²) < 4.78 is 6.20. The summed E-state index contributed by atoms with van der Waals surface area (Å²) >= 11 is 0. The number of rotatable bonds is 7. The molecular weight excluding hydrogens is 328 g/mol. The molecule has 0 aliphatic carbocycles. The first-order valence-corrected chi connectivity index (χ1v) is 18.0. The van der Waals surface area contributed by atoms with E-state index in [1.54, 1.807) is 5.19 Å². The van der Waals surface area contributed by atoms with Gasteiger partial charge >= 0.3 is 0 Å².